The molecular weight excluding hydrogens is 258 g/mol. The van der Waals surface area contributed by atoms with Crippen molar-refractivity contribution < 1.29 is 14.7 Å². The fraction of sp³-hybridized carbons (Fsp3) is 0.429. The maximum Gasteiger partial charge on any atom is 0.303 e. The Morgan fingerprint density at radius 1 is 1.35 bits per heavy atom. The van der Waals surface area contributed by atoms with Crippen molar-refractivity contribution in [3.63, 3.8) is 0 Å². The normalized spacial score (nSPS) is 25.1. The van der Waals surface area contributed by atoms with Gasteiger partial charge in [-0.25, -0.2) is 5.43 Å². The summed E-state index contributed by atoms with van der Waals surface area (Å²) < 4.78 is 0. The van der Waals surface area contributed by atoms with Crippen molar-refractivity contribution in [1.82, 2.24) is 10.9 Å². The standard InChI is InChI=1S/C14H17N3O3/c18-12-4-2-8-5-9(1-3-11(8)16-12)14-10(6-13(19)20)7-15-17-14/h1,3,5,10,14-15,17H,2,4,6-7H2,(H,16,18)(H,19,20). The summed E-state index contributed by atoms with van der Waals surface area (Å²) in [5.41, 5.74) is 9.22. The molecule has 1 saturated heterocycles. The number of carboxylic acid groups (broad SMARTS) is 1. The lowest BCUT2D eigenvalue weighted by Gasteiger charge is -2.21. The number of benzene rings is 1. The maximum atomic E-state index is 11.3. The van der Waals surface area contributed by atoms with Crippen LogP contribution in [0.4, 0.5) is 5.69 Å². The molecule has 6 nitrogen and oxygen atoms in total. The van der Waals surface area contributed by atoms with Crippen LogP contribution in [0, 0.1) is 5.92 Å². The molecule has 4 N–H and O–H groups in total. The number of hydrazine groups is 1. The van der Waals surface area contributed by atoms with E-state index in [0.717, 1.165) is 23.2 Å². The van der Waals surface area contributed by atoms with Gasteiger partial charge in [0.2, 0.25) is 5.91 Å². The summed E-state index contributed by atoms with van der Waals surface area (Å²) in [6.45, 7) is 0.644. The van der Waals surface area contributed by atoms with E-state index in [0.29, 0.717) is 13.0 Å². The molecule has 0 bridgehead atoms. The van der Waals surface area contributed by atoms with E-state index in [9.17, 15) is 9.59 Å². The minimum absolute atomic E-state index is 0.00553. The number of fused-ring (bicyclic) bond motifs is 1. The molecule has 0 aromatic heterocycles. The molecule has 1 aromatic rings. The van der Waals surface area contributed by atoms with Crippen LogP contribution >= 0.6 is 0 Å². The third-order valence-corrected chi connectivity index (χ3v) is 3.91. The predicted octanol–water partition coefficient (Wildman–Crippen LogP) is 0.811. The molecule has 2 aliphatic rings. The highest BCUT2D eigenvalue weighted by Crippen LogP contribution is 2.31. The van der Waals surface area contributed by atoms with Gasteiger partial charge in [0.05, 0.1) is 12.5 Å². The first kappa shape index (κ1) is 13.1. The van der Waals surface area contributed by atoms with E-state index in [1.807, 2.05) is 12.1 Å². The maximum absolute atomic E-state index is 11.3. The van der Waals surface area contributed by atoms with Crippen LogP contribution in [0.2, 0.25) is 0 Å². The van der Waals surface area contributed by atoms with E-state index < -0.39 is 5.97 Å². The predicted molar refractivity (Wildman–Crippen MR) is 73.0 cm³/mol. The Kier molecular flexibility index (Phi) is 3.42. The average Bonchev–Trinajstić information content (AvgIpc) is 2.85. The van der Waals surface area contributed by atoms with Crippen LogP contribution in [0.3, 0.4) is 0 Å². The van der Waals surface area contributed by atoms with Crippen LogP contribution < -0.4 is 16.2 Å². The van der Waals surface area contributed by atoms with E-state index in [-0.39, 0.29) is 24.3 Å². The third kappa shape index (κ3) is 2.52. The van der Waals surface area contributed by atoms with Crippen LogP contribution in [0.15, 0.2) is 18.2 Å². The number of hydrogen-bond donors (Lipinski definition) is 4. The first-order valence-electron chi connectivity index (χ1n) is 6.76. The van der Waals surface area contributed by atoms with Gasteiger partial charge in [-0.1, -0.05) is 12.1 Å². The van der Waals surface area contributed by atoms with E-state index in [4.69, 9.17) is 5.11 Å². The molecular formula is C14H17N3O3. The fourth-order valence-corrected chi connectivity index (χ4v) is 2.90. The van der Waals surface area contributed by atoms with E-state index in [1.165, 1.54) is 0 Å². The highest BCUT2D eigenvalue weighted by atomic mass is 16.4. The minimum atomic E-state index is -0.782. The number of carboxylic acids is 1. The molecule has 2 atom stereocenters. The second-order valence-electron chi connectivity index (χ2n) is 5.33. The quantitative estimate of drug-likeness (QED) is 0.655. The lowest BCUT2D eigenvalue weighted by molar-refractivity contribution is -0.138. The summed E-state index contributed by atoms with van der Waals surface area (Å²) in [6, 6.07) is 5.91. The van der Waals surface area contributed by atoms with Crippen molar-refractivity contribution in [2.75, 3.05) is 11.9 Å². The molecule has 3 rings (SSSR count). The number of amides is 1. The van der Waals surface area contributed by atoms with Gasteiger partial charge >= 0.3 is 5.97 Å². The van der Waals surface area contributed by atoms with Gasteiger partial charge in [-0.3, -0.25) is 15.0 Å². The molecule has 106 valence electrons. The van der Waals surface area contributed by atoms with Gasteiger partial charge < -0.3 is 10.4 Å². The zero-order chi connectivity index (χ0) is 14.1. The zero-order valence-electron chi connectivity index (χ0n) is 11.0. The van der Waals surface area contributed by atoms with Crippen LogP contribution in [0.1, 0.15) is 30.0 Å². The Bertz CT molecular complexity index is 559. The van der Waals surface area contributed by atoms with E-state index in [2.05, 4.69) is 22.2 Å². The lowest BCUT2D eigenvalue weighted by Crippen LogP contribution is -2.26. The van der Waals surface area contributed by atoms with Gasteiger partial charge in [-0.15, -0.1) is 0 Å². The Morgan fingerprint density at radius 3 is 3.00 bits per heavy atom. The third-order valence-electron chi connectivity index (χ3n) is 3.91. The van der Waals surface area contributed by atoms with Crippen LogP contribution in [-0.2, 0) is 16.0 Å². The zero-order valence-corrected chi connectivity index (χ0v) is 11.0. The molecule has 2 heterocycles. The number of hydrogen-bond acceptors (Lipinski definition) is 4. The second-order valence-corrected chi connectivity index (χ2v) is 5.33. The lowest BCUT2D eigenvalue weighted by atomic mass is 9.90. The Hall–Kier alpha value is -1.92. The minimum Gasteiger partial charge on any atom is -0.481 e. The van der Waals surface area contributed by atoms with Crippen LogP contribution in [0.25, 0.3) is 0 Å². The van der Waals surface area contributed by atoms with Crippen molar-refractivity contribution in [1.29, 1.82) is 0 Å². The monoisotopic (exact) mass is 275 g/mol. The van der Waals surface area contributed by atoms with Crippen LogP contribution in [0.5, 0.6) is 0 Å². The largest absolute Gasteiger partial charge is 0.481 e. The Morgan fingerprint density at radius 2 is 2.20 bits per heavy atom. The molecule has 1 fully saturated rings. The Balaban J connectivity index is 1.83. The van der Waals surface area contributed by atoms with Crippen molar-refractivity contribution in [3.05, 3.63) is 29.3 Å². The Labute approximate surface area is 116 Å². The molecule has 1 aromatic carbocycles. The van der Waals surface area contributed by atoms with Crippen molar-refractivity contribution in [3.8, 4) is 0 Å². The molecule has 6 heteroatoms. The summed E-state index contributed by atoms with van der Waals surface area (Å²) in [6.07, 6.45) is 1.38. The highest BCUT2D eigenvalue weighted by molar-refractivity contribution is 5.93. The molecule has 0 radical (unpaired) electrons. The first-order valence-corrected chi connectivity index (χ1v) is 6.76. The van der Waals surface area contributed by atoms with E-state index in [1.54, 1.807) is 0 Å². The van der Waals surface area contributed by atoms with Gasteiger partial charge in [-0.05, 0) is 23.6 Å². The number of carbonyl (C=O) groups is 2. The number of aryl methyl sites for hydroxylation is 1. The molecule has 0 spiro atoms. The van der Waals surface area contributed by atoms with Crippen molar-refractivity contribution in [2.45, 2.75) is 25.3 Å². The highest BCUT2D eigenvalue weighted by Gasteiger charge is 2.30. The van der Waals surface area contributed by atoms with Gasteiger partial charge in [-0.2, -0.15) is 0 Å². The number of carbonyl (C=O) groups excluding carboxylic acids is 1. The van der Waals surface area contributed by atoms with Gasteiger partial charge in [0, 0.05) is 24.6 Å². The SMILES string of the molecule is O=C(O)CC1CNNC1c1ccc2c(c1)CCC(=O)N2. The van der Waals surface area contributed by atoms with Gasteiger partial charge in [0.25, 0.3) is 0 Å². The van der Waals surface area contributed by atoms with E-state index >= 15 is 0 Å². The topological polar surface area (TPSA) is 90.5 Å². The number of aliphatic carboxylic acids is 1. The van der Waals surface area contributed by atoms with Gasteiger partial charge in [0.1, 0.15) is 0 Å². The van der Waals surface area contributed by atoms with Gasteiger partial charge in [0.15, 0.2) is 0 Å². The van der Waals surface area contributed by atoms with Crippen molar-refractivity contribution >= 4 is 17.6 Å². The second kappa shape index (κ2) is 5.22. The van der Waals surface area contributed by atoms with Crippen LogP contribution in [-0.4, -0.2) is 23.5 Å². The summed E-state index contributed by atoms with van der Waals surface area (Å²) in [7, 11) is 0. The fourth-order valence-electron chi connectivity index (χ4n) is 2.90. The molecule has 0 saturated carbocycles. The smallest absolute Gasteiger partial charge is 0.303 e. The molecule has 2 unspecified atom stereocenters. The average molecular weight is 275 g/mol. The molecule has 0 aliphatic carbocycles. The number of nitrogens with one attached hydrogen (secondary N) is 3. The summed E-state index contributed by atoms with van der Waals surface area (Å²) in [5, 5.41) is 11.8. The first-order chi connectivity index (χ1) is 9.63. The summed E-state index contributed by atoms with van der Waals surface area (Å²) >= 11 is 0. The molecule has 1 amide bonds. The van der Waals surface area contributed by atoms with Crippen molar-refractivity contribution in [2.24, 2.45) is 5.92 Å². The molecule has 2 aliphatic heterocycles. The molecule has 20 heavy (non-hydrogen) atoms. The number of rotatable bonds is 3. The summed E-state index contributed by atoms with van der Waals surface area (Å²) in [5.74, 6) is -0.700. The summed E-state index contributed by atoms with van der Waals surface area (Å²) in [4.78, 5) is 22.2. The number of anilines is 1.